The third kappa shape index (κ3) is 2.45. The number of aryl methyl sites for hydroxylation is 2. The van der Waals surface area contributed by atoms with E-state index in [-0.39, 0.29) is 0 Å². The molecule has 2 aliphatic rings. The predicted octanol–water partition coefficient (Wildman–Crippen LogP) is 2.49. The number of hydrogen-bond acceptors (Lipinski definition) is 2. The van der Waals surface area contributed by atoms with Crippen molar-refractivity contribution in [2.75, 3.05) is 13.1 Å². The second kappa shape index (κ2) is 5.41. The van der Waals surface area contributed by atoms with Crippen molar-refractivity contribution < 1.29 is 0 Å². The van der Waals surface area contributed by atoms with Crippen LogP contribution in [0.25, 0.3) is 0 Å². The number of nitrogens with zero attached hydrogens (tertiary/aromatic N) is 1. The Kier molecular flexibility index (Phi) is 3.67. The van der Waals surface area contributed by atoms with E-state index in [0.29, 0.717) is 0 Å². The van der Waals surface area contributed by atoms with Crippen LogP contribution in [0.4, 0.5) is 0 Å². The molecular formula is C16H24N2. The average molecular weight is 244 g/mol. The van der Waals surface area contributed by atoms with Gasteiger partial charge in [-0.1, -0.05) is 24.6 Å². The fraction of sp³-hybridized carbons (Fsp3) is 0.625. The predicted molar refractivity (Wildman–Crippen MR) is 75.6 cm³/mol. The van der Waals surface area contributed by atoms with Gasteiger partial charge in [-0.3, -0.25) is 4.90 Å². The van der Waals surface area contributed by atoms with Crippen LogP contribution in [0.1, 0.15) is 42.4 Å². The van der Waals surface area contributed by atoms with Crippen molar-refractivity contribution in [3.63, 3.8) is 0 Å². The van der Waals surface area contributed by atoms with Crippen LogP contribution in [-0.2, 0) is 19.4 Å². The minimum atomic E-state index is 0.779. The topological polar surface area (TPSA) is 29.3 Å². The summed E-state index contributed by atoms with van der Waals surface area (Å²) >= 11 is 0. The second-order valence-electron chi connectivity index (χ2n) is 5.80. The minimum Gasteiger partial charge on any atom is -0.329 e. The first-order valence-corrected chi connectivity index (χ1v) is 7.41. The van der Waals surface area contributed by atoms with Gasteiger partial charge in [0.2, 0.25) is 0 Å². The molecule has 0 unspecified atom stereocenters. The van der Waals surface area contributed by atoms with Crippen LogP contribution in [-0.4, -0.2) is 24.0 Å². The summed E-state index contributed by atoms with van der Waals surface area (Å²) in [6.07, 6.45) is 8.04. The van der Waals surface area contributed by atoms with E-state index in [9.17, 15) is 0 Å². The maximum atomic E-state index is 5.75. The fourth-order valence-electron chi connectivity index (χ4n) is 3.27. The fourth-order valence-corrected chi connectivity index (χ4v) is 3.27. The number of benzene rings is 1. The third-order valence-electron chi connectivity index (χ3n) is 4.56. The van der Waals surface area contributed by atoms with Gasteiger partial charge >= 0.3 is 0 Å². The first kappa shape index (κ1) is 12.2. The van der Waals surface area contributed by atoms with Crippen molar-refractivity contribution in [3.05, 3.63) is 34.9 Å². The first-order chi connectivity index (χ1) is 8.86. The third-order valence-corrected chi connectivity index (χ3v) is 4.56. The van der Waals surface area contributed by atoms with Gasteiger partial charge in [0.15, 0.2) is 0 Å². The highest BCUT2D eigenvalue weighted by molar-refractivity contribution is 5.35. The molecule has 2 heteroatoms. The molecule has 2 N–H and O–H groups in total. The van der Waals surface area contributed by atoms with E-state index in [1.807, 2.05) is 0 Å². The van der Waals surface area contributed by atoms with Crippen LogP contribution in [0.15, 0.2) is 18.2 Å². The van der Waals surface area contributed by atoms with E-state index >= 15 is 0 Å². The smallest absolute Gasteiger partial charge is 0.0237 e. The number of fused-ring (bicyclic) bond motifs is 1. The van der Waals surface area contributed by atoms with Gasteiger partial charge in [-0.15, -0.1) is 0 Å². The molecule has 0 atom stereocenters. The highest BCUT2D eigenvalue weighted by Gasteiger charge is 2.24. The highest BCUT2D eigenvalue weighted by atomic mass is 15.2. The normalized spacial score (nSPS) is 19.0. The van der Waals surface area contributed by atoms with Crippen LogP contribution in [0.3, 0.4) is 0 Å². The lowest BCUT2D eigenvalue weighted by molar-refractivity contribution is 0.123. The van der Waals surface area contributed by atoms with E-state index < -0.39 is 0 Å². The Balaban J connectivity index is 1.69. The summed E-state index contributed by atoms with van der Waals surface area (Å²) in [6, 6.07) is 7.90. The monoisotopic (exact) mass is 244 g/mol. The molecule has 2 aliphatic carbocycles. The van der Waals surface area contributed by atoms with E-state index in [1.54, 1.807) is 11.1 Å². The molecule has 3 rings (SSSR count). The molecule has 1 fully saturated rings. The lowest BCUT2D eigenvalue weighted by Crippen LogP contribution is -2.42. The van der Waals surface area contributed by atoms with Crippen LogP contribution < -0.4 is 5.73 Å². The largest absolute Gasteiger partial charge is 0.329 e. The molecule has 1 aromatic carbocycles. The van der Waals surface area contributed by atoms with Crippen molar-refractivity contribution in [2.45, 2.75) is 51.1 Å². The van der Waals surface area contributed by atoms with Crippen LogP contribution in [0.2, 0.25) is 0 Å². The highest BCUT2D eigenvalue weighted by Crippen LogP contribution is 2.27. The Hall–Kier alpha value is -0.860. The zero-order valence-electron chi connectivity index (χ0n) is 11.2. The second-order valence-corrected chi connectivity index (χ2v) is 5.80. The molecule has 2 nitrogen and oxygen atoms in total. The van der Waals surface area contributed by atoms with Crippen molar-refractivity contribution >= 4 is 0 Å². The Morgan fingerprint density at radius 1 is 1.11 bits per heavy atom. The molecule has 18 heavy (non-hydrogen) atoms. The van der Waals surface area contributed by atoms with E-state index in [0.717, 1.165) is 25.7 Å². The summed E-state index contributed by atoms with van der Waals surface area (Å²) in [7, 11) is 0. The molecule has 0 heterocycles. The molecule has 0 spiro atoms. The summed E-state index contributed by atoms with van der Waals surface area (Å²) in [4.78, 5) is 2.58. The summed E-state index contributed by atoms with van der Waals surface area (Å²) in [5.41, 5.74) is 10.4. The van der Waals surface area contributed by atoms with Gasteiger partial charge in [-0.05, 0) is 48.8 Å². The maximum absolute atomic E-state index is 5.75. The van der Waals surface area contributed by atoms with E-state index in [4.69, 9.17) is 5.73 Å². The van der Waals surface area contributed by atoms with Gasteiger partial charge in [0.05, 0.1) is 0 Å². The van der Waals surface area contributed by atoms with Crippen molar-refractivity contribution in [3.8, 4) is 0 Å². The molecule has 1 saturated carbocycles. The van der Waals surface area contributed by atoms with Crippen LogP contribution >= 0.6 is 0 Å². The van der Waals surface area contributed by atoms with Gasteiger partial charge in [-0.2, -0.15) is 0 Å². The molecule has 1 aromatic rings. The quantitative estimate of drug-likeness (QED) is 0.862. The SMILES string of the molecule is NCCN(Cc1ccc2c(c1)CCC2)C1CCC1. The summed E-state index contributed by atoms with van der Waals surface area (Å²) in [6.45, 7) is 2.92. The maximum Gasteiger partial charge on any atom is 0.0237 e. The van der Waals surface area contributed by atoms with Crippen molar-refractivity contribution in [1.29, 1.82) is 0 Å². The minimum absolute atomic E-state index is 0.779. The Morgan fingerprint density at radius 2 is 1.94 bits per heavy atom. The van der Waals surface area contributed by atoms with Gasteiger partial charge in [-0.25, -0.2) is 0 Å². The molecule has 0 saturated heterocycles. The first-order valence-electron chi connectivity index (χ1n) is 7.41. The molecule has 0 radical (unpaired) electrons. The lowest BCUT2D eigenvalue weighted by Gasteiger charge is -2.37. The zero-order valence-corrected chi connectivity index (χ0v) is 11.2. The van der Waals surface area contributed by atoms with Crippen molar-refractivity contribution in [2.24, 2.45) is 5.73 Å². The van der Waals surface area contributed by atoms with Crippen LogP contribution in [0.5, 0.6) is 0 Å². The molecule has 0 bridgehead atoms. The van der Waals surface area contributed by atoms with Gasteiger partial charge in [0, 0.05) is 25.7 Å². The van der Waals surface area contributed by atoms with E-state index in [1.165, 1.54) is 44.1 Å². The Bertz CT molecular complexity index is 410. The molecule has 0 aliphatic heterocycles. The lowest BCUT2D eigenvalue weighted by atomic mass is 9.91. The molecule has 0 aromatic heterocycles. The van der Waals surface area contributed by atoms with Crippen LogP contribution in [0, 0.1) is 0 Å². The Labute approximate surface area is 110 Å². The Morgan fingerprint density at radius 3 is 2.67 bits per heavy atom. The number of hydrogen-bond donors (Lipinski definition) is 1. The summed E-state index contributed by atoms with van der Waals surface area (Å²) < 4.78 is 0. The van der Waals surface area contributed by atoms with E-state index in [2.05, 4.69) is 23.1 Å². The van der Waals surface area contributed by atoms with Gasteiger partial charge in [0.25, 0.3) is 0 Å². The number of rotatable bonds is 5. The molecule has 0 amide bonds. The van der Waals surface area contributed by atoms with Gasteiger partial charge in [0.1, 0.15) is 0 Å². The van der Waals surface area contributed by atoms with Gasteiger partial charge < -0.3 is 5.73 Å². The average Bonchev–Trinajstić information content (AvgIpc) is 2.74. The summed E-state index contributed by atoms with van der Waals surface area (Å²) in [5.74, 6) is 0. The molecular weight excluding hydrogens is 220 g/mol. The van der Waals surface area contributed by atoms with Crippen molar-refractivity contribution in [1.82, 2.24) is 4.90 Å². The standard InChI is InChI=1S/C16H24N2/c17-9-10-18(16-5-2-6-16)12-13-7-8-14-3-1-4-15(14)11-13/h7-8,11,16H,1-6,9-10,12,17H2. The summed E-state index contributed by atoms with van der Waals surface area (Å²) in [5, 5.41) is 0. The number of nitrogens with two attached hydrogens (primary N) is 1. The molecule has 98 valence electrons. The zero-order chi connectivity index (χ0) is 12.4.